The van der Waals surface area contributed by atoms with E-state index >= 15 is 0 Å². The Kier molecular flexibility index (Phi) is 5.12. The van der Waals surface area contributed by atoms with Crippen molar-refractivity contribution in [1.29, 1.82) is 0 Å². The molecule has 3 aromatic carbocycles. The fraction of sp³-hybridized carbons (Fsp3) is 0.0833. The first kappa shape index (κ1) is 18.5. The molecule has 0 fully saturated rings. The van der Waals surface area contributed by atoms with Crippen LogP contribution >= 0.6 is 0 Å². The van der Waals surface area contributed by atoms with Gasteiger partial charge in [0.2, 0.25) is 5.78 Å². The Bertz CT molecular complexity index is 1180. The standard InChI is InChI=1S/C24H20N4O/c1-16-7-3-6-10-21(16)26-25-19-12-13-22(17(2)15-19)27-28-24-20-9-5-4-8-18(20)11-14-23(24)29/h3-15,27H,1-2H3/b26-25+,28-24-. The zero-order valence-corrected chi connectivity index (χ0v) is 16.3. The molecule has 0 radical (unpaired) electrons. The average molecular weight is 380 g/mol. The van der Waals surface area contributed by atoms with Gasteiger partial charge in [-0.3, -0.25) is 10.2 Å². The van der Waals surface area contributed by atoms with E-state index in [1.165, 1.54) is 0 Å². The van der Waals surface area contributed by atoms with Crippen molar-refractivity contribution in [2.24, 2.45) is 15.3 Å². The van der Waals surface area contributed by atoms with Crippen molar-refractivity contribution < 1.29 is 4.79 Å². The van der Waals surface area contributed by atoms with Crippen molar-refractivity contribution in [3.8, 4) is 0 Å². The SMILES string of the molecule is Cc1ccccc1/N=N/c1ccc(N/N=C2\C(=O)C=Cc3ccccc32)c(C)c1. The fourth-order valence-electron chi connectivity index (χ4n) is 3.09. The number of nitrogens with one attached hydrogen (secondary N) is 1. The summed E-state index contributed by atoms with van der Waals surface area (Å²) in [7, 11) is 0. The number of anilines is 1. The second-order valence-electron chi connectivity index (χ2n) is 6.84. The summed E-state index contributed by atoms with van der Waals surface area (Å²) in [5.41, 5.74) is 9.70. The molecule has 29 heavy (non-hydrogen) atoms. The van der Waals surface area contributed by atoms with Crippen LogP contribution in [0.25, 0.3) is 6.08 Å². The van der Waals surface area contributed by atoms with E-state index < -0.39 is 0 Å². The number of ketones is 1. The van der Waals surface area contributed by atoms with Gasteiger partial charge in [-0.15, -0.1) is 0 Å². The lowest BCUT2D eigenvalue weighted by molar-refractivity contribution is -0.108. The Balaban J connectivity index is 1.55. The molecule has 0 saturated carbocycles. The van der Waals surface area contributed by atoms with E-state index in [1.54, 1.807) is 6.08 Å². The van der Waals surface area contributed by atoms with Crippen molar-refractivity contribution in [2.45, 2.75) is 13.8 Å². The van der Waals surface area contributed by atoms with Crippen molar-refractivity contribution in [3.63, 3.8) is 0 Å². The van der Waals surface area contributed by atoms with E-state index in [0.717, 1.165) is 39.3 Å². The van der Waals surface area contributed by atoms with Crippen LogP contribution in [0.2, 0.25) is 0 Å². The fourth-order valence-corrected chi connectivity index (χ4v) is 3.09. The smallest absolute Gasteiger partial charge is 0.206 e. The first-order valence-corrected chi connectivity index (χ1v) is 9.35. The number of carbonyl (C=O) groups excluding carboxylic acids is 1. The minimum Gasteiger partial charge on any atom is -0.287 e. The second-order valence-corrected chi connectivity index (χ2v) is 6.84. The van der Waals surface area contributed by atoms with Crippen LogP contribution < -0.4 is 5.43 Å². The maximum atomic E-state index is 12.3. The lowest BCUT2D eigenvalue weighted by Gasteiger charge is -2.13. The molecular formula is C24H20N4O. The van der Waals surface area contributed by atoms with Crippen LogP contribution in [-0.4, -0.2) is 11.5 Å². The molecule has 0 heterocycles. The van der Waals surface area contributed by atoms with E-state index in [9.17, 15) is 4.79 Å². The van der Waals surface area contributed by atoms with Crippen molar-refractivity contribution in [1.82, 2.24) is 0 Å². The van der Waals surface area contributed by atoms with E-state index in [1.807, 2.05) is 86.7 Å². The molecule has 0 amide bonds. The zero-order chi connectivity index (χ0) is 20.2. The molecule has 1 N–H and O–H groups in total. The lowest BCUT2D eigenvalue weighted by Crippen LogP contribution is -2.19. The summed E-state index contributed by atoms with van der Waals surface area (Å²) in [4.78, 5) is 12.3. The third kappa shape index (κ3) is 4.04. The summed E-state index contributed by atoms with van der Waals surface area (Å²) in [6.07, 6.45) is 3.36. The van der Waals surface area contributed by atoms with Gasteiger partial charge in [-0.1, -0.05) is 48.5 Å². The highest BCUT2D eigenvalue weighted by molar-refractivity contribution is 6.52. The van der Waals surface area contributed by atoms with Crippen molar-refractivity contribution in [3.05, 3.63) is 95.1 Å². The Morgan fingerprint density at radius 3 is 2.41 bits per heavy atom. The van der Waals surface area contributed by atoms with Crippen molar-refractivity contribution in [2.75, 3.05) is 5.43 Å². The van der Waals surface area contributed by atoms with Gasteiger partial charge in [0.05, 0.1) is 17.1 Å². The van der Waals surface area contributed by atoms with Gasteiger partial charge in [-0.25, -0.2) is 0 Å². The molecule has 0 aromatic heterocycles. The van der Waals surface area contributed by atoms with Crippen LogP contribution in [-0.2, 0) is 4.79 Å². The minimum absolute atomic E-state index is 0.113. The maximum Gasteiger partial charge on any atom is 0.206 e. The van der Waals surface area contributed by atoms with Crippen LogP contribution in [0.5, 0.6) is 0 Å². The zero-order valence-electron chi connectivity index (χ0n) is 16.3. The second kappa shape index (κ2) is 8.02. The van der Waals surface area contributed by atoms with E-state index in [0.29, 0.717) is 5.71 Å². The molecule has 4 rings (SSSR count). The summed E-state index contributed by atoms with van der Waals surface area (Å²) < 4.78 is 0. The van der Waals surface area contributed by atoms with E-state index in [2.05, 4.69) is 20.8 Å². The Morgan fingerprint density at radius 1 is 0.793 bits per heavy atom. The summed E-state index contributed by atoms with van der Waals surface area (Å²) in [6, 6.07) is 21.3. The number of hydrogen-bond acceptors (Lipinski definition) is 5. The molecule has 0 bridgehead atoms. The first-order chi connectivity index (χ1) is 14.1. The molecule has 1 aliphatic carbocycles. The molecule has 142 valence electrons. The predicted octanol–water partition coefficient (Wildman–Crippen LogP) is 6.13. The number of allylic oxidation sites excluding steroid dienone is 1. The van der Waals surface area contributed by atoms with Gasteiger partial charge in [0.15, 0.2) is 0 Å². The van der Waals surface area contributed by atoms with E-state index in [-0.39, 0.29) is 5.78 Å². The summed E-state index contributed by atoms with van der Waals surface area (Å²) in [5, 5.41) is 13.0. The monoisotopic (exact) mass is 380 g/mol. The molecule has 0 unspecified atom stereocenters. The molecular weight excluding hydrogens is 360 g/mol. The largest absolute Gasteiger partial charge is 0.287 e. The summed E-state index contributed by atoms with van der Waals surface area (Å²) in [6.45, 7) is 3.97. The number of hydrazone groups is 1. The Hall–Kier alpha value is -3.86. The number of carbonyl (C=O) groups is 1. The molecule has 0 aliphatic heterocycles. The third-order valence-electron chi connectivity index (χ3n) is 4.75. The minimum atomic E-state index is -0.113. The molecule has 0 atom stereocenters. The average Bonchev–Trinajstić information content (AvgIpc) is 2.73. The number of azo groups is 1. The van der Waals surface area contributed by atoms with Gasteiger partial charge in [-0.2, -0.15) is 15.3 Å². The number of benzene rings is 3. The van der Waals surface area contributed by atoms with Gasteiger partial charge >= 0.3 is 0 Å². The topological polar surface area (TPSA) is 66.2 Å². The number of hydrogen-bond donors (Lipinski definition) is 1. The third-order valence-corrected chi connectivity index (χ3v) is 4.75. The molecule has 5 heteroatoms. The van der Waals surface area contributed by atoms with Crippen LogP contribution in [0.3, 0.4) is 0 Å². The number of fused-ring (bicyclic) bond motifs is 1. The molecule has 1 aliphatic rings. The Morgan fingerprint density at radius 2 is 1.59 bits per heavy atom. The highest BCUT2D eigenvalue weighted by atomic mass is 16.1. The number of rotatable bonds is 4. The summed E-state index contributed by atoms with van der Waals surface area (Å²) in [5.74, 6) is -0.113. The van der Waals surface area contributed by atoms with Crippen LogP contribution in [0, 0.1) is 13.8 Å². The number of aryl methyl sites for hydroxylation is 2. The Labute approximate surface area is 169 Å². The molecule has 5 nitrogen and oxygen atoms in total. The normalized spacial score (nSPS) is 14.4. The highest BCUT2D eigenvalue weighted by Gasteiger charge is 2.18. The van der Waals surface area contributed by atoms with Gasteiger partial charge in [0.25, 0.3) is 0 Å². The van der Waals surface area contributed by atoms with E-state index in [4.69, 9.17) is 0 Å². The van der Waals surface area contributed by atoms with Crippen LogP contribution in [0.1, 0.15) is 22.3 Å². The van der Waals surface area contributed by atoms with Gasteiger partial charge in [0, 0.05) is 5.56 Å². The van der Waals surface area contributed by atoms with Crippen molar-refractivity contribution >= 4 is 34.6 Å². The van der Waals surface area contributed by atoms with Gasteiger partial charge < -0.3 is 0 Å². The highest BCUT2D eigenvalue weighted by Crippen LogP contribution is 2.26. The first-order valence-electron chi connectivity index (χ1n) is 9.35. The quantitative estimate of drug-likeness (QED) is 0.437. The lowest BCUT2D eigenvalue weighted by atomic mass is 9.95. The molecule has 0 saturated heterocycles. The van der Waals surface area contributed by atoms with Gasteiger partial charge in [0.1, 0.15) is 5.71 Å². The van der Waals surface area contributed by atoms with Crippen LogP contribution in [0.15, 0.2) is 88.1 Å². The van der Waals surface area contributed by atoms with Gasteiger partial charge in [-0.05, 0) is 60.9 Å². The number of nitrogens with zero attached hydrogens (tertiary/aromatic N) is 3. The molecule has 0 spiro atoms. The predicted molar refractivity (Wildman–Crippen MR) is 117 cm³/mol. The van der Waals surface area contributed by atoms with Crippen LogP contribution in [0.4, 0.5) is 17.1 Å². The summed E-state index contributed by atoms with van der Waals surface area (Å²) >= 11 is 0. The maximum absolute atomic E-state index is 12.3. The molecule has 3 aromatic rings.